The van der Waals surface area contributed by atoms with Gasteiger partial charge in [0.2, 0.25) is 5.91 Å². The van der Waals surface area contributed by atoms with Gasteiger partial charge >= 0.3 is 0 Å². The van der Waals surface area contributed by atoms with Gasteiger partial charge in [0, 0.05) is 30.8 Å². The first kappa shape index (κ1) is 20.3. The molecule has 8 heteroatoms. The molecule has 0 saturated carbocycles. The number of hydrogen-bond acceptors (Lipinski definition) is 4. The highest BCUT2D eigenvalue weighted by Gasteiger charge is 2.18. The summed E-state index contributed by atoms with van der Waals surface area (Å²) in [6, 6.07) is 12.9. The number of primary amides is 1. The van der Waals surface area contributed by atoms with E-state index in [1.54, 1.807) is 36.5 Å². The molecule has 0 saturated heterocycles. The van der Waals surface area contributed by atoms with Crippen LogP contribution in [-0.4, -0.2) is 31.1 Å². The Morgan fingerprint density at radius 3 is 2.31 bits per heavy atom. The molecule has 0 aliphatic carbocycles. The highest BCUT2D eigenvalue weighted by molar-refractivity contribution is 7.90. The topological polar surface area (TPSA) is 111 Å². The van der Waals surface area contributed by atoms with Crippen LogP contribution in [0.4, 0.5) is 5.69 Å². The van der Waals surface area contributed by atoms with Gasteiger partial charge in [-0.3, -0.25) is 9.59 Å². The minimum atomic E-state index is -3.30. The first-order valence-electron chi connectivity index (χ1n) is 8.75. The predicted octanol–water partition coefficient (Wildman–Crippen LogP) is 2.76. The lowest BCUT2D eigenvalue weighted by Crippen LogP contribution is -2.12. The fourth-order valence-electron chi connectivity index (χ4n) is 3.20. The quantitative estimate of drug-likeness (QED) is 0.672. The maximum absolute atomic E-state index is 12.8. The molecule has 0 fully saturated rings. The van der Waals surface area contributed by atoms with Crippen LogP contribution in [0.3, 0.4) is 0 Å². The summed E-state index contributed by atoms with van der Waals surface area (Å²) >= 11 is 0. The second kappa shape index (κ2) is 7.56. The van der Waals surface area contributed by atoms with Gasteiger partial charge in [0.05, 0.1) is 16.2 Å². The first-order valence-corrected chi connectivity index (χ1v) is 10.6. The standard InChI is InChI=1S/C21H21N3O4S/c1-13-18(21(26)23-16-7-9-17(10-8-16)29(3,27)28)12-24(2)19(13)14-5-4-6-15(11-14)20(22)25/h4-12H,1-3H3,(H2,22,25)(H,23,26). The number of carbonyl (C=O) groups is 2. The average Bonchev–Trinajstić information content (AvgIpc) is 2.96. The molecule has 0 unspecified atom stereocenters. The van der Waals surface area contributed by atoms with E-state index in [0.717, 1.165) is 23.1 Å². The monoisotopic (exact) mass is 411 g/mol. The van der Waals surface area contributed by atoms with Gasteiger partial charge in [0.15, 0.2) is 9.84 Å². The van der Waals surface area contributed by atoms with Crippen molar-refractivity contribution in [3.63, 3.8) is 0 Å². The second-order valence-corrected chi connectivity index (χ2v) is 8.84. The molecule has 3 N–H and O–H groups in total. The Hall–Kier alpha value is -3.39. The zero-order valence-electron chi connectivity index (χ0n) is 16.3. The molecule has 2 aromatic carbocycles. The number of hydrogen-bond donors (Lipinski definition) is 2. The van der Waals surface area contributed by atoms with Gasteiger partial charge in [-0.2, -0.15) is 0 Å². The Balaban J connectivity index is 1.91. The SMILES string of the molecule is Cc1c(C(=O)Nc2ccc(S(C)(=O)=O)cc2)cn(C)c1-c1cccc(C(N)=O)c1. The number of sulfone groups is 1. The average molecular weight is 411 g/mol. The molecule has 1 heterocycles. The lowest BCUT2D eigenvalue weighted by Gasteiger charge is -2.08. The summed E-state index contributed by atoms with van der Waals surface area (Å²) in [4.78, 5) is 24.4. The van der Waals surface area contributed by atoms with Crippen LogP contribution in [0.2, 0.25) is 0 Å². The van der Waals surface area contributed by atoms with Crippen molar-refractivity contribution in [2.45, 2.75) is 11.8 Å². The molecular formula is C21H21N3O4S. The number of amides is 2. The van der Waals surface area contributed by atoms with E-state index in [-0.39, 0.29) is 10.8 Å². The van der Waals surface area contributed by atoms with E-state index in [2.05, 4.69) is 5.32 Å². The van der Waals surface area contributed by atoms with E-state index < -0.39 is 15.7 Å². The van der Waals surface area contributed by atoms with Crippen molar-refractivity contribution in [1.29, 1.82) is 0 Å². The van der Waals surface area contributed by atoms with Gasteiger partial charge < -0.3 is 15.6 Å². The number of aromatic nitrogens is 1. The second-order valence-electron chi connectivity index (χ2n) is 6.82. The van der Waals surface area contributed by atoms with Crippen molar-refractivity contribution in [2.24, 2.45) is 12.8 Å². The van der Waals surface area contributed by atoms with Crippen LogP contribution < -0.4 is 11.1 Å². The third-order valence-corrected chi connectivity index (χ3v) is 5.77. The van der Waals surface area contributed by atoms with Crippen LogP contribution in [0.15, 0.2) is 59.6 Å². The number of nitrogens with zero attached hydrogens (tertiary/aromatic N) is 1. The van der Waals surface area contributed by atoms with E-state index >= 15 is 0 Å². The molecule has 3 aromatic rings. The number of benzene rings is 2. The normalized spacial score (nSPS) is 11.3. The van der Waals surface area contributed by atoms with Gasteiger partial charge in [-0.05, 0) is 54.4 Å². The molecule has 1 aromatic heterocycles. The van der Waals surface area contributed by atoms with Crippen LogP contribution in [0, 0.1) is 6.92 Å². The van der Waals surface area contributed by atoms with Gasteiger partial charge in [0.25, 0.3) is 5.91 Å². The fourth-order valence-corrected chi connectivity index (χ4v) is 3.83. The Bertz CT molecular complexity index is 1210. The molecule has 0 spiro atoms. The first-order chi connectivity index (χ1) is 13.6. The lowest BCUT2D eigenvalue weighted by atomic mass is 10.0. The Labute approximate surface area is 169 Å². The molecular weight excluding hydrogens is 390 g/mol. The van der Waals surface area contributed by atoms with Crippen molar-refractivity contribution < 1.29 is 18.0 Å². The van der Waals surface area contributed by atoms with Gasteiger partial charge in [-0.1, -0.05) is 12.1 Å². The molecule has 0 aliphatic rings. The van der Waals surface area contributed by atoms with Gasteiger partial charge in [-0.15, -0.1) is 0 Å². The van der Waals surface area contributed by atoms with Crippen LogP contribution in [0.25, 0.3) is 11.3 Å². The molecule has 7 nitrogen and oxygen atoms in total. The number of anilines is 1. The number of rotatable bonds is 5. The summed E-state index contributed by atoms with van der Waals surface area (Å²) in [6.45, 7) is 1.83. The van der Waals surface area contributed by atoms with Gasteiger partial charge in [-0.25, -0.2) is 8.42 Å². The van der Waals surface area contributed by atoms with Crippen molar-refractivity contribution >= 4 is 27.3 Å². The molecule has 0 radical (unpaired) electrons. The predicted molar refractivity (Wildman–Crippen MR) is 112 cm³/mol. The Kier molecular flexibility index (Phi) is 5.30. The lowest BCUT2D eigenvalue weighted by molar-refractivity contribution is 0.0997. The van der Waals surface area contributed by atoms with Crippen molar-refractivity contribution in [3.05, 3.63) is 71.4 Å². The third-order valence-electron chi connectivity index (χ3n) is 4.64. The smallest absolute Gasteiger partial charge is 0.257 e. The summed E-state index contributed by atoms with van der Waals surface area (Å²) in [5.74, 6) is -0.836. The molecule has 0 bridgehead atoms. The van der Waals surface area contributed by atoms with E-state index in [0.29, 0.717) is 16.8 Å². The van der Waals surface area contributed by atoms with Crippen LogP contribution >= 0.6 is 0 Å². The van der Waals surface area contributed by atoms with E-state index in [9.17, 15) is 18.0 Å². The largest absolute Gasteiger partial charge is 0.366 e. The van der Waals surface area contributed by atoms with Crippen molar-refractivity contribution in [2.75, 3.05) is 11.6 Å². The van der Waals surface area contributed by atoms with Crippen molar-refractivity contribution in [3.8, 4) is 11.3 Å². The summed E-state index contributed by atoms with van der Waals surface area (Å²) in [7, 11) is -1.48. The summed E-state index contributed by atoms with van der Waals surface area (Å²) in [6.07, 6.45) is 2.84. The molecule has 3 rings (SSSR count). The highest BCUT2D eigenvalue weighted by atomic mass is 32.2. The molecule has 0 atom stereocenters. The highest BCUT2D eigenvalue weighted by Crippen LogP contribution is 2.28. The Morgan fingerprint density at radius 1 is 1.07 bits per heavy atom. The van der Waals surface area contributed by atoms with E-state index in [1.165, 1.54) is 12.1 Å². The van der Waals surface area contributed by atoms with Crippen molar-refractivity contribution in [1.82, 2.24) is 4.57 Å². The van der Waals surface area contributed by atoms with Crippen LogP contribution in [0.5, 0.6) is 0 Å². The number of carbonyl (C=O) groups excluding carboxylic acids is 2. The Morgan fingerprint density at radius 2 is 1.72 bits per heavy atom. The van der Waals surface area contributed by atoms with E-state index in [1.807, 2.05) is 24.6 Å². The van der Waals surface area contributed by atoms with Crippen LogP contribution in [-0.2, 0) is 16.9 Å². The minimum Gasteiger partial charge on any atom is -0.366 e. The van der Waals surface area contributed by atoms with E-state index in [4.69, 9.17) is 5.73 Å². The summed E-state index contributed by atoms with van der Waals surface area (Å²) in [5, 5.41) is 2.78. The van der Waals surface area contributed by atoms with Crippen LogP contribution in [0.1, 0.15) is 26.3 Å². The summed E-state index contributed by atoms with van der Waals surface area (Å²) < 4.78 is 24.9. The summed E-state index contributed by atoms with van der Waals surface area (Å²) in [5.41, 5.74) is 9.04. The maximum atomic E-state index is 12.8. The number of nitrogens with two attached hydrogens (primary N) is 1. The zero-order valence-corrected chi connectivity index (χ0v) is 17.1. The zero-order chi connectivity index (χ0) is 21.3. The molecule has 2 amide bonds. The molecule has 29 heavy (non-hydrogen) atoms. The number of aryl methyl sites for hydroxylation is 1. The fraction of sp³-hybridized carbons (Fsp3) is 0.143. The number of nitrogens with one attached hydrogen (secondary N) is 1. The van der Waals surface area contributed by atoms with Gasteiger partial charge in [0.1, 0.15) is 0 Å². The molecule has 150 valence electrons. The third kappa shape index (κ3) is 4.22. The molecule has 0 aliphatic heterocycles. The maximum Gasteiger partial charge on any atom is 0.257 e. The minimum absolute atomic E-state index is 0.183.